The predicted molar refractivity (Wildman–Crippen MR) is 85.5 cm³/mol. The van der Waals surface area contributed by atoms with Gasteiger partial charge in [-0.3, -0.25) is 0 Å². The molecule has 1 N–H and O–H groups in total. The summed E-state index contributed by atoms with van der Waals surface area (Å²) in [5.74, 6) is 2.14. The molecule has 0 fully saturated rings. The molecule has 0 bridgehead atoms. The van der Waals surface area contributed by atoms with E-state index < -0.39 is 0 Å². The zero-order valence-corrected chi connectivity index (χ0v) is 13.5. The molecule has 20 heavy (non-hydrogen) atoms. The van der Waals surface area contributed by atoms with Crippen LogP contribution < -0.4 is 14.8 Å². The van der Waals surface area contributed by atoms with Gasteiger partial charge in [-0.25, -0.2) is 0 Å². The van der Waals surface area contributed by atoms with Gasteiger partial charge in [0.25, 0.3) is 0 Å². The lowest BCUT2D eigenvalue weighted by molar-refractivity contribution is 0.393. The minimum absolute atomic E-state index is 0.481. The Kier molecular flexibility index (Phi) is 6.59. The van der Waals surface area contributed by atoms with E-state index in [0.29, 0.717) is 12.0 Å². The molecule has 0 spiro atoms. The summed E-state index contributed by atoms with van der Waals surface area (Å²) in [4.78, 5) is 0. The van der Waals surface area contributed by atoms with Gasteiger partial charge in [-0.1, -0.05) is 39.3 Å². The van der Waals surface area contributed by atoms with E-state index >= 15 is 0 Å². The van der Waals surface area contributed by atoms with Crippen molar-refractivity contribution in [3.05, 3.63) is 29.3 Å². The third-order valence-electron chi connectivity index (χ3n) is 3.24. The maximum Gasteiger partial charge on any atom is 0.129 e. The minimum atomic E-state index is 0.481. The summed E-state index contributed by atoms with van der Waals surface area (Å²) < 4.78 is 10.7. The van der Waals surface area contributed by atoms with Crippen molar-refractivity contribution in [1.82, 2.24) is 5.32 Å². The van der Waals surface area contributed by atoms with E-state index in [1.807, 2.05) is 18.2 Å². The first-order chi connectivity index (χ1) is 9.47. The van der Waals surface area contributed by atoms with Crippen molar-refractivity contribution >= 4 is 6.08 Å². The molecule has 0 saturated heterocycles. The number of rotatable bonds is 7. The lowest BCUT2D eigenvalue weighted by Gasteiger charge is -2.16. The maximum atomic E-state index is 5.45. The van der Waals surface area contributed by atoms with Crippen LogP contribution in [-0.4, -0.2) is 26.8 Å². The van der Waals surface area contributed by atoms with Crippen molar-refractivity contribution < 1.29 is 9.47 Å². The van der Waals surface area contributed by atoms with Crippen molar-refractivity contribution in [2.24, 2.45) is 5.92 Å². The summed E-state index contributed by atoms with van der Waals surface area (Å²) >= 11 is 0. The maximum absolute atomic E-state index is 5.45. The van der Waals surface area contributed by atoms with Gasteiger partial charge in [0.15, 0.2) is 0 Å². The molecule has 1 aromatic rings. The Balaban J connectivity index is 3.03. The largest absolute Gasteiger partial charge is 0.497 e. The zero-order valence-electron chi connectivity index (χ0n) is 13.5. The van der Waals surface area contributed by atoms with Gasteiger partial charge in [-0.2, -0.15) is 0 Å². The summed E-state index contributed by atoms with van der Waals surface area (Å²) in [5, 5.41) is 3.47. The lowest BCUT2D eigenvalue weighted by atomic mass is 9.99. The molecular weight excluding hydrogens is 250 g/mol. The van der Waals surface area contributed by atoms with Gasteiger partial charge in [-0.15, -0.1) is 0 Å². The van der Waals surface area contributed by atoms with Crippen LogP contribution in [0.1, 0.15) is 33.3 Å². The first kappa shape index (κ1) is 16.6. The minimum Gasteiger partial charge on any atom is -0.497 e. The molecule has 112 valence electrons. The number of hydrogen-bond donors (Lipinski definition) is 1. The zero-order chi connectivity index (χ0) is 15.1. The molecule has 1 aromatic carbocycles. The predicted octanol–water partition coefficient (Wildman–Crippen LogP) is 3.74. The van der Waals surface area contributed by atoms with Crippen molar-refractivity contribution in [2.45, 2.75) is 33.7 Å². The monoisotopic (exact) mass is 277 g/mol. The molecule has 0 aliphatic carbocycles. The summed E-state index contributed by atoms with van der Waals surface area (Å²) in [7, 11) is 3.35. The fourth-order valence-corrected chi connectivity index (χ4v) is 1.88. The topological polar surface area (TPSA) is 30.5 Å². The summed E-state index contributed by atoms with van der Waals surface area (Å²) in [5.41, 5.74) is 2.45. The highest BCUT2D eigenvalue weighted by molar-refractivity contribution is 5.62. The Morgan fingerprint density at radius 1 is 1.15 bits per heavy atom. The molecule has 3 heteroatoms. The van der Waals surface area contributed by atoms with E-state index in [2.05, 4.69) is 39.1 Å². The Hall–Kier alpha value is -1.48. The highest BCUT2D eigenvalue weighted by Gasteiger charge is 2.08. The quantitative estimate of drug-likeness (QED) is 0.823. The fourth-order valence-electron chi connectivity index (χ4n) is 1.88. The van der Waals surface area contributed by atoms with Gasteiger partial charge in [0.05, 0.1) is 14.2 Å². The van der Waals surface area contributed by atoms with Gasteiger partial charge < -0.3 is 14.8 Å². The molecule has 0 saturated carbocycles. The average molecular weight is 277 g/mol. The van der Waals surface area contributed by atoms with Gasteiger partial charge in [0.1, 0.15) is 11.5 Å². The van der Waals surface area contributed by atoms with Crippen molar-refractivity contribution in [3.63, 3.8) is 0 Å². The Labute approximate surface area is 123 Å². The molecule has 0 aliphatic rings. The summed E-state index contributed by atoms with van der Waals surface area (Å²) in [6.45, 7) is 9.63. The first-order valence-corrected chi connectivity index (χ1v) is 7.13. The number of ether oxygens (including phenoxy) is 2. The number of benzene rings is 1. The highest BCUT2D eigenvalue weighted by atomic mass is 16.5. The van der Waals surface area contributed by atoms with Crippen molar-refractivity contribution in [1.29, 1.82) is 0 Å². The number of hydrogen-bond acceptors (Lipinski definition) is 3. The normalized spacial score (nSPS) is 12.1. The molecular formula is C17H27NO2. The van der Waals surface area contributed by atoms with Crippen LogP contribution in [0.15, 0.2) is 23.8 Å². The molecule has 0 amide bonds. The van der Waals surface area contributed by atoms with E-state index in [-0.39, 0.29) is 0 Å². The highest BCUT2D eigenvalue weighted by Crippen LogP contribution is 2.27. The molecule has 0 unspecified atom stereocenters. The van der Waals surface area contributed by atoms with Crippen LogP contribution in [0.4, 0.5) is 0 Å². The second-order valence-electron chi connectivity index (χ2n) is 5.52. The smallest absolute Gasteiger partial charge is 0.129 e. The van der Waals surface area contributed by atoms with E-state index in [0.717, 1.165) is 23.6 Å². The van der Waals surface area contributed by atoms with Crippen LogP contribution in [-0.2, 0) is 0 Å². The third kappa shape index (κ3) is 4.89. The standard InChI is InChI=1S/C17H27NO2/c1-12(2)15(11-18-13(3)4)9-14-7-8-16(19-5)10-17(14)20-6/h7-10,12-13,18H,11H2,1-6H3. The fraction of sp³-hybridized carbons (Fsp3) is 0.529. The first-order valence-electron chi connectivity index (χ1n) is 7.13. The van der Waals surface area contributed by atoms with Gasteiger partial charge in [0, 0.05) is 24.2 Å². The lowest BCUT2D eigenvalue weighted by Crippen LogP contribution is -2.26. The second-order valence-corrected chi connectivity index (χ2v) is 5.52. The van der Waals surface area contributed by atoms with Crippen molar-refractivity contribution in [2.75, 3.05) is 20.8 Å². The molecule has 0 radical (unpaired) electrons. The van der Waals surface area contributed by atoms with Crippen molar-refractivity contribution in [3.8, 4) is 11.5 Å². The Bertz CT molecular complexity index is 450. The van der Waals surface area contributed by atoms with Crippen LogP contribution in [0.25, 0.3) is 6.08 Å². The molecule has 0 aliphatic heterocycles. The van der Waals surface area contributed by atoms with Crippen LogP contribution in [0.5, 0.6) is 11.5 Å². The van der Waals surface area contributed by atoms with Gasteiger partial charge >= 0.3 is 0 Å². The van der Waals surface area contributed by atoms with Crippen LogP contribution in [0, 0.1) is 5.92 Å². The number of methoxy groups -OCH3 is 2. The Morgan fingerprint density at radius 3 is 2.35 bits per heavy atom. The Morgan fingerprint density at radius 2 is 1.85 bits per heavy atom. The van der Waals surface area contributed by atoms with E-state index in [1.54, 1.807) is 14.2 Å². The van der Waals surface area contributed by atoms with Crippen LogP contribution in [0.2, 0.25) is 0 Å². The summed E-state index contributed by atoms with van der Waals surface area (Å²) in [6.07, 6.45) is 2.21. The molecule has 0 heterocycles. The van der Waals surface area contributed by atoms with E-state index in [9.17, 15) is 0 Å². The second kappa shape index (κ2) is 7.95. The molecule has 1 rings (SSSR count). The third-order valence-corrected chi connectivity index (χ3v) is 3.24. The van der Waals surface area contributed by atoms with Gasteiger partial charge in [0.2, 0.25) is 0 Å². The van der Waals surface area contributed by atoms with Crippen LogP contribution >= 0.6 is 0 Å². The molecule has 0 atom stereocenters. The van der Waals surface area contributed by atoms with E-state index in [1.165, 1.54) is 5.57 Å². The molecule has 3 nitrogen and oxygen atoms in total. The molecule has 0 aromatic heterocycles. The summed E-state index contributed by atoms with van der Waals surface area (Å²) in [6, 6.07) is 6.40. The van der Waals surface area contributed by atoms with Gasteiger partial charge in [-0.05, 0) is 18.1 Å². The van der Waals surface area contributed by atoms with Crippen LogP contribution in [0.3, 0.4) is 0 Å². The SMILES string of the molecule is COc1ccc(C=C(CNC(C)C)C(C)C)c(OC)c1. The number of nitrogens with one attached hydrogen (secondary N) is 1. The average Bonchev–Trinajstić information content (AvgIpc) is 2.42. The van der Waals surface area contributed by atoms with E-state index in [4.69, 9.17) is 9.47 Å².